The minimum atomic E-state index is -4.56. The van der Waals surface area contributed by atoms with E-state index >= 15 is 0 Å². The van der Waals surface area contributed by atoms with Gasteiger partial charge in [0.15, 0.2) is 0 Å². The van der Waals surface area contributed by atoms with Gasteiger partial charge in [-0.25, -0.2) is 4.39 Å². The smallest absolute Gasteiger partial charge is 0.207 e. The Labute approximate surface area is 87.4 Å². The fraction of sp³-hybridized carbons (Fsp3) is 0.250. The molecule has 0 bridgehead atoms. The lowest BCUT2D eigenvalue weighted by Gasteiger charge is -2.09. The number of rotatable bonds is 1. The zero-order chi connectivity index (χ0) is 10.9. The van der Waals surface area contributed by atoms with E-state index in [1.54, 1.807) is 0 Å². The van der Waals surface area contributed by atoms with Crippen LogP contribution in [-0.4, -0.2) is 0 Å². The summed E-state index contributed by atoms with van der Waals surface area (Å²) in [6.07, 6.45) is -4.56. The van der Waals surface area contributed by atoms with Crippen LogP contribution in [0.4, 0.5) is 17.6 Å². The van der Waals surface area contributed by atoms with E-state index in [0.29, 0.717) is 6.07 Å². The molecule has 1 rings (SSSR count). The first-order valence-corrected chi connectivity index (χ1v) is 4.34. The van der Waals surface area contributed by atoms with E-state index in [0.717, 1.165) is 12.1 Å². The number of hydrogen-bond acceptors (Lipinski definition) is 0. The van der Waals surface area contributed by atoms with Crippen molar-refractivity contribution < 1.29 is 17.6 Å². The van der Waals surface area contributed by atoms with E-state index in [9.17, 15) is 17.6 Å². The second-order valence-corrected chi connectivity index (χ2v) is 3.63. The van der Waals surface area contributed by atoms with Gasteiger partial charge in [-0.3, -0.25) is 0 Å². The zero-order valence-electron chi connectivity index (χ0n) is 6.58. The second-order valence-electron chi connectivity index (χ2n) is 2.53. The van der Waals surface area contributed by atoms with Crippen LogP contribution in [0.2, 0.25) is 0 Å². The van der Waals surface area contributed by atoms with Gasteiger partial charge in [0.05, 0.1) is 5.56 Å². The SMILES string of the molecule is Fc1cc(C(F)(F)F)ccc1C(Cl)Cl. The molecule has 0 aliphatic heterocycles. The van der Waals surface area contributed by atoms with Gasteiger partial charge in [0, 0.05) is 5.56 Å². The van der Waals surface area contributed by atoms with Crippen molar-refractivity contribution >= 4 is 23.2 Å². The summed E-state index contributed by atoms with van der Waals surface area (Å²) in [5, 5.41) is 0. The number of benzene rings is 1. The molecule has 0 atom stereocenters. The first-order valence-electron chi connectivity index (χ1n) is 3.47. The average molecular weight is 247 g/mol. The van der Waals surface area contributed by atoms with Gasteiger partial charge in [-0.2, -0.15) is 13.2 Å². The van der Waals surface area contributed by atoms with Crippen molar-refractivity contribution in [2.75, 3.05) is 0 Å². The molecule has 0 saturated carbocycles. The van der Waals surface area contributed by atoms with Crippen LogP contribution in [0.1, 0.15) is 16.0 Å². The van der Waals surface area contributed by atoms with E-state index in [-0.39, 0.29) is 5.56 Å². The van der Waals surface area contributed by atoms with Crippen LogP contribution in [0.5, 0.6) is 0 Å². The Morgan fingerprint density at radius 2 is 1.71 bits per heavy atom. The fourth-order valence-corrected chi connectivity index (χ4v) is 1.23. The Kier molecular flexibility index (Phi) is 3.27. The summed E-state index contributed by atoms with van der Waals surface area (Å²) < 4.78 is 49.2. The molecule has 0 saturated heterocycles. The molecule has 0 unspecified atom stereocenters. The van der Waals surface area contributed by atoms with Gasteiger partial charge in [-0.1, -0.05) is 29.3 Å². The summed E-state index contributed by atoms with van der Waals surface area (Å²) in [5.74, 6) is -1.06. The molecule has 0 aromatic heterocycles. The molecule has 1 aromatic rings. The number of alkyl halides is 5. The lowest BCUT2D eigenvalue weighted by Crippen LogP contribution is -2.06. The highest BCUT2D eigenvalue weighted by atomic mass is 35.5. The van der Waals surface area contributed by atoms with Gasteiger partial charge in [0.25, 0.3) is 0 Å². The van der Waals surface area contributed by atoms with Crippen LogP contribution < -0.4 is 0 Å². The Balaban J connectivity index is 3.13. The van der Waals surface area contributed by atoms with E-state index < -0.39 is 22.4 Å². The minimum absolute atomic E-state index is 0.165. The summed E-state index contributed by atoms with van der Waals surface area (Å²) in [7, 11) is 0. The molecule has 0 nitrogen and oxygen atoms in total. The molecule has 0 spiro atoms. The monoisotopic (exact) mass is 246 g/mol. The fourth-order valence-electron chi connectivity index (χ4n) is 0.880. The van der Waals surface area contributed by atoms with E-state index in [1.807, 2.05) is 0 Å². The predicted molar refractivity (Wildman–Crippen MR) is 45.8 cm³/mol. The van der Waals surface area contributed by atoms with Gasteiger partial charge in [0.1, 0.15) is 10.7 Å². The van der Waals surface area contributed by atoms with Gasteiger partial charge in [0.2, 0.25) is 0 Å². The first-order chi connectivity index (χ1) is 6.32. The molecule has 78 valence electrons. The third kappa shape index (κ3) is 2.51. The summed E-state index contributed by atoms with van der Waals surface area (Å²) in [4.78, 5) is -1.17. The van der Waals surface area contributed by atoms with Gasteiger partial charge >= 0.3 is 6.18 Å². The predicted octanol–water partition coefficient (Wildman–Crippen LogP) is 4.32. The van der Waals surface area contributed by atoms with Crippen molar-refractivity contribution in [3.8, 4) is 0 Å². The molecule has 0 heterocycles. The quantitative estimate of drug-likeness (QED) is 0.512. The standard InChI is InChI=1S/C8H4Cl2F4/c9-7(10)5-2-1-4(3-6(5)11)8(12,13)14/h1-3,7H. The Bertz CT molecular complexity index is 333. The van der Waals surface area contributed by atoms with Crippen molar-refractivity contribution in [1.29, 1.82) is 0 Å². The average Bonchev–Trinajstić information content (AvgIpc) is 2.01. The third-order valence-corrected chi connectivity index (χ3v) is 2.03. The third-order valence-electron chi connectivity index (χ3n) is 1.56. The maximum atomic E-state index is 13.0. The van der Waals surface area contributed by atoms with E-state index in [2.05, 4.69) is 0 Å². The number of halogens is 6. The molecule has 0 radical (unpaired) electrons. The Hall–Kier alpha value is -0.480. The van der Waals surface area contributed by atoms with Crippen LogP contribution in [-0.2, 0) is 6.18 Å². The molecular formula is C8H4Cl2F4. The van der Waals surface area contributed by atoms with Crippen LogP contribution >= 0.6 is 23.2 Å². The summed E-state index contributed by atoms with van der Waals surface area (Å²) >= 11 is 10.6. The largest absolute Gasteiger partial charge is 0.416 e. The van der Waals surface area contributed by atoms with Crippen LogP contribution in [0.15, 0.2) is 18.2 Å². The minimum Gasteiger partial charge on any atom is -0.207 e. The lowest BCUT2D eigenvalue weighted by molar-refractivity contribution is -0.137. The van der Waals surface area contributed by atoms with Crippen LogP contribution in [0.25, 0.3) is 0 Å². The van der Waals surface area contributed by atoms with E-state index in [1.165, 1.54) is 0 Å². The van der Waals surface area contributed by atoms with Crippen molar-refractivity contribution in [3.05, 3.63) is 35.1 Å². The Morgan fingerprint density at radius 3 is 2.07 bits per heavy atom. The molecule has 6 heteroatoms. The molecular weight excluding hydrogens is 243 g/mol. The highest BCUT2D eigenvalue weighted by Crippen LogP contribution is 2.33. The molecule has 0 aliphatic carbocycles. The Morgan fingerprint density at radius 1 is 1.14 bits per heavy atom. The van der Waals surface area contributed by atoms with Crippen molar-refractivity contribution in [3.63, 3.8) is 0 Å². The number of hydrogen-bond donors (Lipinski definition) is 0. The van der Waals surface area contributed by atoms with Crippen LogP contribution in [0, 0.1) is 5.82 Å². The molecule has 0 fully saturated rings. The molecule has 0 amide bonds. The highest BCUT2D eigenvalue weighted by Gasteiger charge is 2.31. The summed E-state index contributed by atoms with van der Waals surface area (Å²) in [5.41, 5.74) is -1.23. The van der Waals surface area contributed by atoms with Crippen molar-refractivity contribution in [1.82, 2.24) is 0 Å². The first kappa shape index (κ1) is 11.6. The molecule has 1 aromatic carbocycles. The zero-order valence-corrected chi connectivity index (χ0v) is 8.09. The van der Waals surface area contributed by atoms with Crippen molar-refractivity contribution in [2.24, 2.45) is 0 Å². The van der Waals surface area contributed by atoms with Gasteiger partial charge in [-0.05, 0) is 12.1 Å². The maximum absolute atomic E-state index is 13.0. The maximum Gasteiger partial charge on any atom is 0.416 e. The topological polar surface area (TPSA) is 0 Å². The van der Waals surface area contributed by atoms with E-state index in [4.69, 9.17) is 23.2 Å². The molecule has 14 heavy (non-hydrogen) atoms. The molecule has 0 N–H and O–H groups in total. The normalized spacial score (nSPS) is 12.2. The highest BCUT2D eigenvalue weighted by molar-refractivity contribution is 6.44. The summed E-state index contributed by atoms with van der Waals surface area (Å²) in [6, 6.07) is 2.02. The second kappa shape index (κ2) is 3.95. The van der Waals surface area contributed by atoms with Gasteiger partial charge in [-0.15, -0.1) is 0 Å². The molecule has 0 aliphatic rings. The van der Waals surface area contributed by atoms with Gasteiger partial charge < -0.3 is 0 Å². The van der Waals surface area contributed by atoms with Crippen LogP contribution in [0.3, 0.4) is 0 Å². The summed E-state index contributed by atoms with van der Waals surface area (Å²) in [6.45, 7) is 0. The lowest BCUT2D eigenvalue weighted by atomic mass is 10.1. The van der Waals surface area contributed by atoms with Crippen molar-refractivity contribution in [2.45, 2.75) is 11.0 Å².